The summed E-state index contributed by atoms with van der Waals surface area (Å²) in [4.78, 5) is 0. The summed E-state index contributed by atoms with van der Waals surface area (Å²) < 4.78 is 5.13. The first-order valence-corrected chi connectivity index (χ1v) is 7.20. The van der Waals surface area contributed by atoms with Gasteiger partial charge in [-0.1, -0.05) is 46.9 Å². The summed E-state index contributed by atoms with van der Waals surface area (Å²) in [6.07, 6.45) is 0. The largest absolute Gasteiger partial charge is 0.495 e. The Hall–Kier alpha value is -1.09. The number of halogens is 3. The summed E-state index contributed by atoms with van der Waals surface area (Å²) >= 11 is 18.3. The van der Waals surface area contributed by atoms with Crippen molar-refractivity contribution in [2.24, 2.45) is 0 Å². The highest BCUT2D eigenvalue weighted by molar-refractivity contribution is 6.42. The average molecular weight is 331 g/mol. The fourth-order valence-corrected chi connectivity index (χ4v) is 2.67. The van der Waals surface area contributed by atoms with E-state index in [9.17, 15) is 0 Å². The van der Waals surface area contributed by atoms with Gasteiger partial charge in [0.15, 0.2) is 0 Å². The molecule has 2 nitrogen and oxygen atoms in total. The molecule has 0 aromatic heterocycles. The van der Waals surface area contributed by atoms with Gasteiger partial charge in [-0.25, -0.2) is 0 Å². The Balaban J connectivity index is 2.21. The molecule has 0 saturated carbocycles. The summed E-state index contributed by atoms with van der Waals surface area (Å²) in [5.41, 5.74) is 1.82. The molecule has 1 N–H and O–H groups in total. The van der Waals surface area contributed by atoms with Crippen molar-refractivity contribution in [3.05, 3.63) is 57.0 Å². The molecular formula is C15H14Cl3NO. The van der Waals surface area contributed by atoms with Crippen LogP contribution in [-0.4, -0.2) is 7.11 Å². The van der Waals surface area contributed by atoms with Gasteiger partial charge in [0.1, 0.15) is 5.75 Å². The van der Waals surface area contributed by atoms with Gasteiger partial charge < -0.3 is 10.1 Å². The predicted molar refractivity (Wildman–Crippen MR) is 86.5 cm³/mol. The normalized spacial score (nSPS) is 12.1. The minimum absolute atomic E-state index is 0.00524. The van der Waals surface area contributed by atoms with E-state index in [1.165, 1.54) is 0 Å². The van der Waals surface area contributed by atoms with Crippen molar-refractivity contribution >= 4 is 40.5 Å². The van der Waals surface area contributed by atoms with E-state index < -0.39 is 0 Å². The summed E-state index contributed by atoms with van der Waals surface area (Å²) in [5.74, 6) is 0.644. The lowest BCUT2D eigenvalue weighted by Crippen LogP contribution is -2.07. The zero-order valence-electron chi connectivity index (χ0n) is 11.1. The SMILES string of the molecule is COc1ccc(NC(C)c2cccc(Cl)c2Cl)cc1Cl. The van der Waals surface area contributed by atoms with Gasteiger partial charge in [-0.3, -0.25) is 0 Å². The molecule has 1 atom stereocenters. The van der Waals surface area contributed by atoms with Crippen molar-refractivity contribution in [3.63, 3.8) is 0 Å². The average Bonchev–Trinajstić information content (AvgIpc) is 2.42. The molecular weight excluding hydrogens is 317 g/mol. The Labute approximate surface area is 133 Å². The van der Waals surface area contributed by atoms with Gasteiger partial charge in [0.2, 0.25) is 0 Å². The van der Waals surface area contributed by atoms with Crippen molar-refractivity contribution in [1.82, 2.24) is 0 Å². The number of benzene rings is 2. The van der Waals surface area contributed by atoms with Gasteiger partial charge in [-0.05, 0) is 36.8 Å². The second-order valence-corrected chi connectivity index (χ2v) is 5.55. The highest BCUT2D eigenvalue weighted by Gasteiger charge is 2.12. The van der Waals surface area contributed by atoms with Gasteiger partial charge >= 0.3 is 0 Å². The Morgan fingerprint density at radius 2 is 1.80 bits per heavy atom. The van der Waals surface area contributed by atoms with E-state index >= 15 is 0 Å². The topological polar surface area (TPSA) is 21.3 Å². The van der Waals surface area contributed by atoms with Crippen LogP contribution >= 0.6 is 34.8 Å². The van der Waals surface area contributed by atoms with Crippen LogP contribution in [0.1, 0.15) is 18.5 Å². The zero-order chi connectivity index (χ0) is 14.7. The lowest BCUT2D eigenvalue weighted by molar-refractivity contribution is 0.415. The van der Waals surface area contributed by atoms with Gasteiger partial charge in [0.05, 0.1) is 28.2 Å². The summed E-state index contributed by atoms with van der Waals surface area (Å²) in [6.45, 7) is 2.01. The molecule has 0 saturated heterocycles. The Morgan fingerprint density at radius 1 is 1.05 bits per heavy atom. The van der Waals surface area contributed by atoms with Crippen LogP contribution < -0.4 is 10.1 Å². The predicted octanol–water partition coefficient (Wildman–Crippen LogP) is 5.83. The monoisotopic (exact) mass is 329 g/mol. The van der Waals surface area contributed by atoms with Crippen LogP contribution in [-0.2, 0) is 0 Å². The quantitative estimate of drug-likeness (QED) is 0.761. The molecule has 20 heavy (non-hydrogen) atoms. The summed E-state index contributed by atoms with van der Waals surface area (Å²) in [7, 11) is 1.59. The molecule has 5 heteroatoms. The molecule has 0 fully saturated rings. The molecule has 0 spiro atoms. The molecule has 0 radical (unpaired) electrons. The molecule has 0 amide bonds. The van der Waals surface area contributed by atoms with Crippen molar-refractivity contribution in [2.75, 3.05) is 12.4 Å². The van der Waals surface area contributed by atoms with E-state index in [1.807, 2.05) is 37.3 Å². The maximum atomic E-state index is 6.22. The number of hydrogen-bond donors (Lipinski definition) is 1. The molecule has 106 valence electrons. The lowest BCUT2D eigenvalue weighted by atomic mass is 10.1. The maximum absolute atomic E-state index is 6.22. The minimum Gasteiger partial charge on any atom is -0.495 e. The number of anilines is 1. The van der Waals surface area contributed by atoms with Gasteiger partial charge in [-0.2, -0.15) is 0 Å². The number of rotatable bonds is 4. The van der Waals surface area contributed by atoms with E-state index in [0.29, 0.717) is 20.8 Å². The van der Waals surface area contributed by atoms with E-state index in [2.05, 4.69) is 5.32 Å². The third-order valence-electron chi connectivity index (χ3n) is 2.98. The third-order valence-corrected chi connectivity index (χ3v) is 4.11. The van der Waals surface area contributed by atoms with Gasteiger partial charge in [0.25, 0.3) is 0 Å². The molecule has 0 aliphatic heterocycles. The standard InChI is InChI=1S/C15H14Cl3NO/c1-9(11-4-3-5-12(16)15(11)18)19-10-6-7-14(20-2)13(17)8-10/h3-9,19H,1-2H3. The Morgan fingerprint density at radius 3 is 2.45 bits per heavy atom. The lowest BCUT2D eigenvalue weighted by Gasteiger charge is -2.18. The van der Waals surface area contributed by atoms with Crippen LogP contribution in [0.25, 0.3) is 0 Å². The molecule has 2 aromatic rings. The Bertz CT molecular complexity index is 616. The van der Waals surface area contributed by atoms with E-state index in [4.69, 9.17) is 39.5 Å². The van der Waals surface area contributed by atoms with Gasteiger partial charge in [-0.15, -0.1) is 0 Å². The van der Waals surface area contributed by atoms with Gasteiger partial charge in [0, 0.05) is 5.69 Å². The molecule has 0 heterocycles. The first-order valence-electron chi connectivity index (χ1n) is 6.07. The number of hydrogen-bond acceptors (Lipinski definition) is 2. The molecule has 2 aromatic carbocycles. The van der Waals surface area contributed by atoms with Crippen LogP contribution in [0.4, 0.5) is 5.69 Å². The Kier molecular flexibility index (Phi) is 5.03. The first kappa shape index (κ1) is 15.3. The summed E-state index contributed by atoms with van der Waals surface area (Å²) in [6, 6.07) is 11.1. The van der Waals surface area contributed by atoms with Crippen LogP contribution in [0.3, 0.4) is 0 Å². The number of nitrogens with one attached hydrogen (secondary N) is 1. The molecule has 0 aliphatic rings. The first-order chi connectivity index (χ1) is 9.52. The highest BCUT2D eigenvalue weighted by atomic mass is 35.5. The fraction of sp³-hybridized carbons (Fsp3) is 0.200. The van der Waals surface area contributed by atoms with E-state index in [-0.39, 0.29) is 6.04 Å². The van der Waals surface area contributed by atoms with Crippen LogP contribution in [0.2, 0.25) is 15.1 Å². The molecule has 0 aliphatic carbocycles. The number of methoxy groups -OCH3 is 1. The van der Waals surface area contributed by atoms with E-state index in [1.54, 1.807) is 13.2 Å². The smallest absolute Gasteiger partial charge is 0.137 e. The van der Waals surface area contributed by atoms with Crippen molar-refractivity contribution in [3.8, 4) is 5.75 Å². The second kappa shape index (κ2) is 6.57. The number of ether oxygens (including phenoxy) is 1. The highest BCUT2D eigenvalue weighted by Crippen LogP contribution is 2.33. The minimum atomic E-state index is 0.00524. The molecule has 1 unspecified atom stereocenters. The van der Waals surface area contributed by atoms with Crippen molar-refractivity contribution in [2.45, 2.75) is 13.0 Å². The van der Waals surface area contributed by atoms with Crippen LogP contribution in [0, 0.1) is 0 Å². The summed E-state index contributed by atoms with van der Waals surface area (Å²) in [5, 5.41) is 5.00. The van der Waals surface area contributed by atoms with Crippen molar-refractivity contribution < 1.29 is 4.74 Å². The maximum Gasteiger partial charge on any atom is 0.137 e. The van der Waals surface area contributed by atoms with Crippen LogP contribution in [0.15, 0.2) is 36.4 Å². The zero-order valence-corrected chi connectivity index (χ0v) is 13.4. The molecule has 0 bridgehead atoms. The van der Waals surface area contributed by atoms with Crippen molar-refractivity contribution in [1.29, 1.82) is 0 Å². The van der Waals surface area contributed by atoms with E-state index in [0.717, 1.165) is 11.3 Å². The fourth-order valence-electron chi connectivity index (χ4n) is 1.94. The second-order valence-electron chi connectivity index (χ2n) is 4.36. The third kappa shape index (κ3) is 3.32. The molecule has 2 rings (SSSR count). The van der Waals surface area contributed by atoms with Crippen LogP contribution in [0.5, 0.6) is 5.75 Å².